The maximum atomic E-state index is 8.84. The summed E-state index contributed by atoms with van der Waals surface area (Å²) >= 11 is 0. The number of nitrogens with zero attached hydrogens (tertiary/aromatic N) is 2. The first-order valence-electron chi connectivity index (χ1n) is 4.44. The smallest absolute Gasteiger partial charge is 0.144 e. The zero-order chi connectivity index (χ0) is 10.6. The molecule has 3 heteroatoms. The van der Waals surface area contributed by atoms with Gasteiger partial charge in [0, 0.05) is 11.7 Å². The largest absolute Gasteiger partial charge is 0.363 e. The van der Waals surface area contributed by atoms with E-state index in [1.807, 2.05) is 19.9 Å². The molecular formula is C11H13N3. The Balaban J connectivity index is 3.00. The van der Waals surface area contributed by atoms with E-state index in [-0.39, 0.29) is 6.04 Å². The molecule has 0 radical (unpaired) electrons. The standard InChI is InChI=1S/C11H13N3/c1-4-8(2)13-11-10(7-12)6-5-9(3)14-11/h4-6,8H,1H2,2-3H3,(H,13,14). The SMILES string of the molecule is C=CC(C)Nc1nc(C)ccc1C#N. The highest BCUT2D eigenvalue weighted by Gasteiger charge is 2.05. The molecule has 0 spiro atoms. The van der Waals surface area contributed by atoms with E-state index < -0.39 is 0 Å². The lowest BCUT2D eigenvalue weighted by Gasteiger charge is -2.11. The molecule has 0 bridgehead atoms. The van der Waals surface area contributed by atoms with Crippen LogP contribution in [0.25, 0.3) is 0 Å². The Kier molecular flexibility index (Phi) is 3.24. The molecule has 0 amide bonds. The number of pyridine rings is 1. The van der Waals surface area contributed by atoms with Crippen LogP contribution in [0.1, 0.15) is 18.2 Å². The van der Waals surface area contributed by atoms with Crippen LogP contribution in [-0.2, 0) is 0 Å². The van der Waals surface area contributed by atoms with E-state index in [2.05, 4.69) is 22.9 Å². The summed E-state index contributed by atoms with van der Waals surface area (Å²) in [5.74, 6) is 0.625. The Morgan fingerprint density at radius 1 is 1.64 bits per heavy atom. The van der Waals surface area contributed by atoms with Crippen LogP contribution in [0.5, 0.6) is 0 Å². The first kappa shape index (κ1) is 10.3. The number of rotatable bonds is 3. The van der Waals surface area contributed by atoms with E-state index in [0.717, 1.165) is 5.69 Å². The van der Waals surface area contributed by atoms with Crippen molar-refractivity contribution in [3.8, 4) is 6.07 Å². The lowest BCUT2D eigenvalue weighted by atomic mass is 10.2. The third-order valence-corrected chi connectivity index (χ3v) is 1.87. The molecule has 1 atom stereocenters. The third-order valence-electron chi connectivity index (χ3n) is 1.87. The first-order chi connectivity index (χ1) is 6.67. The maximum Gasteiger partial charge on any atom is 0.144 e. The minimum absolute atomic E-state index is 0.108. The summed E-state index contributed by atoms with van der Waals surface area (Å²) in [5, 5.41) is 11.9. The van der Waals surface area contributed by atoms with Crippen molar-refractivity contribution in [2.24, 2.45) is 0 Å². The summed E-state index contributed by atoms with van der Waals surface area (Å²) < 4.78 is 0. The van der Waals surface area contributed by atoms with Gasteiger partial charge in [-0.2, -0.15) is 5.26 Å². The molecule has 0 aliphatic rings. The molecule has 1 rings (SSSR count). The highest BCUT2D eigenvalue weighted by molar-refractivity contribution is 5.53. The number of anilines is 1. The fraction of sp³-hybridized carbons (Fsp3) is 0.273. The average Bonchev–Trinajstić information content (AvgIpc) is 2.18. The van der Waals surface area contributed by atoms with Crippen LogP contribution in [0.4, 0.5) is 5.82 Å². The fourth-order valence-corrected chi connectivity index (χ4v) is 1.03. The Morgan fingerprint density at radius 3 is 2.93 bits per heavy atom. The highest BCUT2D eigenvalue weighted by atomic mass is 15.0. The molecular weight excluding hydrogens is 174 g/mol. The Labute approximate surface area is 84.1 Å². The van der Waals surface area contributed by atoms with Gasteiger partial charge < -0.3 is 5.32 Å². The summed E-state index contributed by atoms with van der Waals surface area (Å²) in [6, 6.07) is 5.79. The molecule has 1 heterocycles. The average molecular weight is 187 g/mol. The van der Waals surface area contributed by atoms with Crippen molar-refractivity contribution in [3.63, 3.8) is 0 Å². The van der Waals surface area contributed by atoms with Gasteiger partial charge in [-0.15, -0.1) is 6.58 Å². The Morgan fingerprint density at radius 2 is 2.36 bits per heavy atom. The van der Waals surface area contributed by atoms with Gasteiger partial charge in [0.05, 0.1) is 5.56 Å². The predicted molar refractivity (Wildman–Crippen MR) is 57.0 cm³/mol. The molecule has 3 nitrogen and oxygen atoms in total. The molecule has 14 heavy (non-hydrogen) atoms. The minimum atomic E-state index is 0.108. The van der Waals surface area contributed by atoms with Gasteiger partial charge in [-0.05, 0) is 26.0 Å². The van der Waals surface area contributed by atoms with Crippen LogP contribution in [0.2, 0.25) is 0 Å². The number of aryl methyl sites for hydroxylation is 1. The van der Waals surface area contributed by atoms with E-state index in [9.17, 15) is 0 Å². The number of nitrogens with one attached hydrogen (secondary N) is 1. The van der Waals surface area contributed by atoms with Crippen LogP contribution >= 0.6 is 0 Å². The van der Waals surface area contributed by atoms with Crippen molar-refractivity contribution in [2.75, 3.05) is 5.32 Å². The molecule has 0 fully saturated rings. The van der Waals surface area contributed by atoms with E-state index in [1.54, 1.807) is 12.1 Å². The summed E-state index contributed by atoms with van der Waals surface area (Å²) in [6.07, 6.45) is 1.77. The van der Waals surface area contributed by atoms with Gasteiger partial charge in [-0.25, -0.2) is 4.98 Å². The van der Waals surface area contributed by atoms with E-state index >= 15 is 0 Å². The number of aromatic nitrogens is 1. The van der Waals surface area contributed by atoms with Gasteiger partial charge in [0.1, 0.15) is 11.9 Å². The van der Waals surface area contributed by atoms with Crippen molar-refractivity contribution in [1.82, 2.24) is 4.98 Å². The second-order valence-corrected chi connectivity index (χ2v) is 3.13. The lowest BCUT2D eigenvalue weighted by molar-refractivity contribution is 0.975. The quantitative estimate of drug-likeness (QED) is 0.738. The van der Waals surface area contributed by atoms with Gasteiger partial charge >= 0.3 is 0 Å². The van der Waals surface area contributed by atoms with Crippen molar-refractivity contribution < 1.29 is 0 Å². The lowest BCUT2D eigenvalue weighted by Crippen LogP contribution is -2.13. The van der Waals surface area contributed by atoms with Crippen molar-refractivity contribution in [1.29, 1.82) is 5.26 Å². The molecule has 0 aliphatic carbocycles. The molecule has 0 saturated carbocycles. The number of nitriles is 1. The van der Waals surface area contributed by atoms with Gasteiger partial charge in [-0.3, -0.25) is 0 Å². The zero-order valence-corrected chi connectivity index (χ0v) is 8.41. The van der Waals surface area contributed by atoms with Crippen LogP contribution in [0, 0.1) is 18.3 Å². The maximum absolute atomic E-state index is 8.84. The van der Waals surface area contributed by atoms with Crippen molar-refractivity contribution in [3.05, 3.63) is 36.0 Å². The van der Waals surface area contributed by atoms with E-state index in [1.165, 1.54) is 0 Å². The highest BCUT2D eigenvalue weighted by Crippen LogP contribution is 2.13. The molecule has 72 valence electrons. The first-order valence-corrected chi connectivity index (χ1v) is 4.44. The predicted octanol–water partition coefficient (Wildman–Crippen LogP) is 2.25. The van der Waals surface area contributed by atoms with Gasteiger partial charge in [-0.1, -0.05) is 6.08 Å². The molecule has 0 aliphatic heterocycles. The number of hydrogen-bond acceptors (Lipinski definition) is 3. The van der Waals surface area contributed by atoms with E-state index in [0.29, 0.717) is 11.4 Å². The molecule has 1 N–H and O–H groups in total. The molecule has 1 aromatic rings. The van der Waals surface area contributed by atoms with Crippen LogP contribution in [0.3, 0.4) is 0 Å². The Bertz CT molecular complexity index is 377. The van der Waals surface area contributed by atoms with Crippen LogP contribution in [0.15, 0.2) is 24.8 Å². The second-order valence-electron chi connectivity index (χ2n) is 3.13. The third kappa shape index (κ3) is 2.33. The molecule has 0 aromatic carbocycles. The van der Waals surface area contributed by atoms with Gasteiger partial charge in [0.25, 0.3) is 0 Å². The molecule has 1 unspecified atom stereocenters. The summed E-state index contributed by atoms with van der Waals surface area (Å²) in [4.78, 5) is 4.25. The van der Waals surface area contributed by atoms with Crippen molar-refractivity contribution >= 4 is 5.82 Å². The zero-order valence-electron chi connectivity index (χ0n) is 8.41. The summed E-state index contributed by atoms with van der Waals surface area (Å²) in [6.45, 7) is 7.51. The fourth-order valence-electron chi connectivity index (χ4n) is 1.03. The second kappa shape index (κ2) is 4.43. The topological polar surface area (TPSA) is 48.7 Å². The summed E-state index contributed by atoms with van der Waals surface area (Å²) in [5.41, 5.74) is 1.45. The normalized spacial score (nSPS) is 11.5. The molecule has 0 saturated heterocycles. The van der Waals surface area contributed by atoms with Gasteiger partial charge in [0.2, 0.25) is 0 Å². The minimum Gasteiger partial charge on any atom is -0.363 e. The van der Waals surface area contributed by atoms with E-state index in [4.69, 9.17) is 5.26 Å². The summed E-state index contributed by atoms with van der Waals surface area (Å²) in [7, 11) is 0. The van der Waals surface area contributed by atoms with Crippen molar-refractivity contribution in [2.45, 2.75) is 19.9 Å². The Hall–Kier alpha value is -1.82. The van der Waals surface area contributed by atoms with Gasteiger partial charge in [0.15, 0.2) is 0 Å². The number of hydrogen-bond donors (Lipinski definition) is 1. The van der Waals surface area contributed by atoms with Crippen LogP contribution < -0.4 is 5.32 Å². The van der Waals surface area contributed by atoms with Crippen LogP contribution in [-0.4, -0.2) is 11.0 Å². The monoisotopic (exact) mass is 187 g/mol. The molecule has 1 aromatic heterocycles.